The first kappa shape index (κ1) is 33.8. The molecule has 4 aromatic heterocycles. The molecule has 7 nitrogen and oxygen atoms in total. The predicted octanol–water partition coefficient (Wildman–Crippen LogP) is 13.6. The Morgan fingerprint density at radius 2 is 0.783 bits per heavy atom. The molecule has 0 amide bonds. The van der Waals surface area contributed by atoms with Crippen LogP contribution in [-0.2, 0) is 0 Å². The van der Waals surface area contributed by atoms with Crippen molar-refractivity contribution in [3.63, 3.8) is 0 Å². The summed E-state index contributed by atoms with van der Waals surface area (Å²) in [6, 6.07) is 58.3. The van der Waals surface area contributed by atoms with Gasteiger partial charge in [-0.25, -0.2) is 24.9 Å². The Morgan fingerprint density at radius 1 is 0.317 bits per heavy atom. The highest BCUT2D eigenvalue weighted by Gasteiger charge is 2.20. The monoisotopic (exact) mass is 769 g/mol. The van der Waals surface area contributed by atoms with Crippen LogP contribution in [0.2, 0.25) is 0 Å². The van der Waals surface area contributed by atoms with Gasteiger partial charge in [-0.3, -0.25) is 0 Å². The van der Waals surface area contributed by atoms with Crippen LogP contribution in [0.5, 0.6) is 0 Å². The second-order valence-corrected chi connectivity index (χ2v) is 14.9. The first-order chi connectivity index (χ1) is 29.7. The number of fused-ring (bicyclic) bond motifs is 7. The van der Waals surface area contributed by atoms with Gasteiger partial charge in [0, 0.05) is 67.3 Å². The summed E-state index contributed by atoms with van der Waals surface area (Å²) in [5, 5.41) is 6.43. The Hall–Kier alpha value is -8.29. The third kappa shape index (κ3) is 5.63. The lowest BCUT2D eigenvalue weighted by Crippen LogP contribution is -2.01. The topological polar surface area (TPSA) is 90.7 Å². The molecule has 0 aliphatic heterocycles. The maximum atomic E-state index is 6.61. The predicted molar refractivity (Wildman–Crippen MR) is 240 cm³/mol. The number of aromatic nitrogens is 5. The molecule has 0 aliphatic carbocycles. The first-order valence-corrected chi connectivity index (χ1v) is 19.8. The highest BCUT2D eigenvalue weighted by molar-refractivity contribution is 6.11. The van der Waals surface area contributed by atoms with Crippen molar-refractivity contribution >= 4 is 54.6 Å². The SMILES string of the molecule is c1ccc2c(-c3nc(-c4ccc(-c5cncnc5)cc4)nc(-c4cc(-c5cccc6c5oc5ccccc56)cc(-c5cccc6c5oc5ccccc56)c4)n3)cccc2c1. The van der Waals surface area contributed by atoms with E-state index in [-0.39, 0.29) is 0 Å². The van der Waals surface area contributed by atoms with Gasteiger partial charge < -0.3 is 8.83 Å². The van der Waals surface area contributed by atoms with Gasteiger partial charge in [0.25, 0.3) is 0 Å². The minimum Gasteiger partial charge on any atom is -0.455 e. The molecule has 7 heteroatoms. The zero-order chi connectivity index (χ0) is 39.6. The molecule has 60 heavy (non-hydrogen) atoms. The zero-order valence-electron chi connectivity index (χ0n) is 32.0. The second-order valence-electron chi connectivity index (χ2n) is 14.9. The number of nitrogens with zero attached hydrogens (tertiary/aromatic N) is 5. The van der Waals surface area contributed by atoms with Gasteiger partial charge in [-0.2, -0.15) is 0 Å². The number of hydrogen-bond acceptors (Lipinski definition) is 7. The maximum absolute atomic E-state index is 6.61. The maximum Gasteiger partial charge on any atom is 0.164 e. The number of hydrogen-bond donors (Lipinski definition) is 0. The fourth-order valence-electron chi connectivity index (χ4n) is 8.45. The lowest BCUT2D eigenvalue weighted by Gasteiger charge is -2.13. The molecular weight excluding hydrogens is 739 g/mol. The van der Waals surface area contributed by atoms with Crippen LogP contribution in [0.1, 0.15) is 0 Å². The molecule has 8 aromatic carbocycles. The molecule has 0 atom stereocenters. The van der Waals surface area contributed by atoms with E-state index in [0.29, 0.717) is 17.5 Å². The van der Waals surface area contributed by atoms with E-state index in [2.05, 4.69) is 119 Å². The molecule has 0 aliphatic rings. The van der Waals surface area contributed by atoms with Gasteiger partial charge in [0.15, 0.2) is 17.5 Å². The Bertz CT molecular complexity index is 3470. The number of para-hydroxylation sites is 4. The van der Waals surface area contributed by atoms with Gasteiger partial charge in [0.2, 0.25) is 0 Å². The summed E-state index contributed by atoms with van der Waals surface area (Å²) >= 11 is 0. The molecular formula is C53H31N5O2. The smallest absolute Gasteiger partial charge is 0.164 e. The Labute approximate surface area is 343 Å². The average Bonchev–Trinajstić information content (AvgIpc) is 3.90. The van der Waals surface area contributed by atoms with Gasteiger partial charge in [-0.15, -0.1) is 0 Å². The molecule has 280 valence electrons. The zero-order valence-corrected chi connectivity index (χ0v) is 32.0. The molecule has 0 N–H and O–H groups in total. The van der Waals surface area contributed by atoms with Crippen LogP contribution in [0, 0.1) is 0 Å². The van der Waals surface area contributed by atoms with Crippen LogP contribution in [-0.4, -0.2) is 24.9 Å². The van der Waals surface area contributed by atoms with Gasteiger partial charge in [0.05, 0.1) is 0 Å². The fourth-order valence-corrected chi connectivity index (χ4v) is 8.45. The van der Waals surface area contributed by atoms with E-state index in [1.54, 1.807) is 0 Å². The molecule has 0 spiro atoms. The molecule has 4 heterocycles. The Balaban J connectivity index is 1.12. The molecule has 12 rings (SSSR count). The van der Waals surface area contributed by atoms with Crippen molar-refractivity contribution in [3.8, 4) is 67.5 Å². The molecule has 12 aromatic rings. The minimum atomic E-state index is 0.542. The van der Waals surface area contributed by atoms with Crippen molar-refractivity contribution in [2.45, 2.75) is 0 Å². The third-order valence-corrected chi connectivity index (χ3v) is 11.3. The van der Waals surface area contributed by atoms with E-state index in [1.807, 2.05) is 73.1 Å². The Morgan fingerprint density at radius 3 is 1.43 bits per heavy atom. The summed E-state index contributed by atoms with van der Waals surface area (Å²) in [5.41, 5.74) is 11.7. The lowest BCUT2D eigenvalue weighted by atomic mass is 9.94. The van der Waals surface area contributed by atoms with Crippen LogP contribution in [0.15, 0.2) is 197 Å². The standard InChI is InChI=1S/C53H31N5O2/c1-2-12-39-33(10-1)11-7-19-46(39)53-57-51(34-24-22-32(23-25-34)38-29-54-31-55-30-38)56-52(58-53)37-27-35(40-15-8-17-44-42-13-3-5-20-47(42)59-49(40)44)26-36(28-37)41-16-9-18-45-43-14-4-6-21-48(43)60-50(41)45/h1-31H. The van der Waals surface area contributed by atoms with Crippen LogP contribution in [0.4, 0.5) is 0 Å². The third-order valence-electron chi connectivity index (χ3n) is 11.3. The summed E-state index contributed by atoms with van der Waals surface area (Å²) in [6.45, 7) is 0. The largest absolute Gasteiger partial charge is 0.455 e. The molecule has 0 saturated carbocycles. The van der Waals surface area contributed by atoms with Gasteiger partial charge >= 0.3 is 0 Å². The summed E-state index contributed by atoms with van der Waals surface area (Å²) in [6.07, 6.45) is 5.15. The summed E-state index contributed by atoms with van der Waals surface area (Å²) < 4.78 is 13.2. The second kappa shape index (κ2) is 13.7. The van der Waals surface area contributed by atoms with E-state index < -0.39 is 0 Å². The van der Waals surface area contributed by atoms with E-state index >= 15 is 0 Å². The van der Waals surface area contributed by atoms with Crippen LogP contribution < -0.4 is 0 Å². The van der Waals surface area contributed by atoms with Crippen LogP contribution >= 0.6 is 0 Å². The van der Waals surface area contributed by atoms with E-state index in [0.717, 1.165) is 105 Å². The van der Waals surface area contributed by atoms with E-state index in [9.17, 15) is 0 Å². The van der Waals surface area contributed by atoms with Crippen molar-refractivity contribution in [1.82, 2.24) is 24.9 Å². The van der Waals surface area contributed by atoms with Gasteiger partial charge in [-0.1, -0.05) is 140 Å². The number of furan rings is 2. The number of benzene rings is 8. The molecule has 0 fully saturated rings. The van der Waals surface area contributed by atoms with Crippen molar-refractivity contribution in [2.24, 2.45) is 0 Å². The molecule has 0 saturated heterocycles. The first-order valence-electron chi connectivity index (χ1n) is 19.8. The van der Waals surface area contributed by atoms with Gasteiger partial charge in [0.1, 0.15) is 28.7 Å². The highest BCUT2D eigenvalue weighted by Crippen LogP contribution is 2.42. The van der Waals surface area contributed by atoms with Crippen LogP contribution in [0.3, 0.4) is 0 Å². The summed E-state index contributed by atoms with van der Waals surface area (Å²) in [4.78, 5) is 24.1. The Kier molecular flexibility index (Phi) is 7.71. The highest BCUT2D eigenvalue weighted by atomic mass is 16.3. The van der Waals surface area contributed by atoms with Crippen molar-refractivity contribution in [3.05, 3.63) is 189 Å². The normalized spacial score (nSPS) is 11.7. The summed E-state index contributed by atoms with van der Waals surface area (Å²) in [7, 11) is 0. The molecule has 0 unspecified atom stereocenters. The van der Waals surface area contributed by atoms with Crippen molar-refractivity contribution in [1.29, 1.82) is 0 Å². The molecule has 0 radical (unpaired) electrons. The average molecular weight is 770 g/mol. The van der Waals surface area contributed by atoms with Crippen molar-refractivity contribution < 1.29 is 8.83 Å². The van der Waals surface area contributed by atoms with E-state index in [1.165, 1.54) is 6.33 Å². The quantitative estimate of drug-likeness (QED) is 0.166. The van der Waals surface area contributed by atoms with E-state index in [4.69, 9.17) is 23.8 Å². The number of rotatable bonds is 6. The van der Waals surface area contributed by atoms with Gasteiger partial charge in [-0.05, 0) is 57.8 Å². The van der Waals surface area contributed by atoms with Crippen LogP contribution in [0.25, 0.3) is 122 Å². The van der Waals surface area contributed by atoms with Crippen molar-refractivity contribution in [2.75, 3.05) is 0 Å². The molecule has 0 bridgehead atoms. The fraction of sp³-hybridized carbons (Fsp3) is 0. The lowest BCUT2D eigenvalue weighted by molar-refractivity contribution is 0.670. The summed E-state index contributed by atoms with van der Waals surface area (Å²) in [5.74, 6) is 1.68. The minimum absolute atomic E-state index is 0.542.